The fourth-order valence-electron chi connectivity index (χ4n) is 10.6. The molecule has 0 aromatic heterocycles. The molecule has 17 heteroatoms. The maximum absolute atomic E-state index is 14.4. The van der Waals surface area contributed by atoms with Gasteiger partial charge in [-0.15, -0.1) is 0 Å². The monoisotopic (exact) mass is 914 g/mol. The summed E-state index contributed by atoms with van der Waals surface area (Å²) in [5, 5.41) is 18.0. The number of nitrogens with zero attached hydrogens (tertiary/aromatic N) is 4. The minimum Gasteiger partial charge on any atom is -0.351 e. The molecule has 6 fully saturated rings. The average Bonchev–Trinajstić information content (AvgIpc) is 4.19. The average molecular weight is 915 g/mol. The summed E-state index contributed by atoms with van der Waals surface area (Å²) in [6.07, 6.45) is 5.25. The van der Waals surface area contributed by atoms with Crippen molar-refractivity contribution in [1.29, 1.82) is 0 Å². The van der Waals surface area contributed by atoms with Crippen molar-refractivity contribution >= 4 is 53.0 Å². The van der Waals surface area contributed by atoms with Crippen LogP contribution in [0.5, 0.6) is 0 Å². The van der Waals surface area contributed by atoms with Gasteiger partial charge >= 0.3 is 12.1 Å². The maximum atomic E-state index is 14.4. The van der Waals surface area contributed by atoms with Crippen LogP contribution in [0.25, 0.3) is 0 Å². The summed E-state index contributed by atoms with van der Waals surface area (Å²) in [6, 6.07) is 22.9. The third-order valence-corrected chi connectivity index (χ3v) is 14.7. The second kappa shape index (κ2) is 19.8. The standard InChI is InChI=1S/C50H62N10O7/c1-30(51-2)45(62)56-41-29-58(25-22-36-18-20-43(60(36)48(41)65)47(64)55-40-28-38(40)32-11-7-4-8-12-32)50(67)53-34-15-13-33(14-16-34)52-49(66)57-24-21-35-17-19-42(59(35)44(61)23-26-57)46(63)54-39-27-37(39)31-9-5-3-6-10-31/h3-16,30,35-43,51H,17-29H2,1-2H3,(H,52,66)(H,53,67)(H,54,63)(H,55,64)(H,56,62)/t30-,35+,36+,37+,38+,39+,40+,41-,42-,43-/m0/s1. The van der Waals surface area contributed by atoms with Gasteiger partial charge in [0.15, 0.2) is 0 Å². The molecule has 0 bridgehead atoms. The topological polar surface area (TPSA) is 205 Å². The van der Waals surface area contributed by atoms with Crippen molar-refractivity contribution in [1.82, 2.24) is 40.9 Å². The van der Waals surface area contributed by atoms with Gasteiger partial charge in [0, 0.05) is 73.4 Å². The Labute approximate surface area is 391 Å². The minimum absolute atomic E-state index is 0.00234. The number of likely N-dealkylation sites (N-methyl/N-ethyl adjacent to an activating group) is 1. The van der Waals surface area contributed by atoms with Gasteiger partial charge < -0.3 is 51.5 Å². The van der Waals surface area contributed by atoms with E-state index < -0.39 is 42.0 Å². The molecular weight excluding hydrogens is 853 g/mol. The molecule has 3 aromatic carbocycles. The zero-order valence-corrected chi connectivity index (χ0v) is 38.2. The Morgan fingerprint density at radius 2 is 1.07 bits per heavy atom. The van der Waals surface area contributed by atoms with E-state index in [1.54, 1.807) is 52.9 Å². The second-order valence-electron chi connectivity index (χ2n) is 19.0. The number of nitrogens with one attached hydrogen (secondary N) is 6. The molecule has 0 unspecified atom stereocenters. The first-order chi connectivity index (χ1) is 32.4. The predicted molar refractivity (Wildman–Crippen MR) is 251 cm³/mol. The zero-order valence-electron chi connectivity index (χ0n) is 38.2. The zero-order chi connectivity index (χ0) is 46.8. The smallest absolute Gasteiger partial charge is 0.321 e. The van der Waals surface area contributed by atoms with Crippen molar-refractivity contribution in [3.05, 3.63) is 96.1 Å². The number of carbonyl (C=O) groups excluding carboxylic acids is 7. The minimum atomic E-state index is -1.09. The molecule has 4 saturated heterocycles. The molecule has 67 heavy (non-hydrogen) atoms. The van der Waals surface area contributed by atoms with Gasteiger partial charge in [-0.2, -0.15) is 0 Å². The van der Waals surface area contributed by atoms with Crippen LogP contribution in [0.2, 0.25) is 0 Å². The van der Waals surface area contributed by atoms with E-state index in [-0.39, 0.29) is 79.9 Å². The highest BCUT2D eigenvalue weighted by atomic mass is 16.2. The number of amides is 9. The molecule has 3 aromatic rings. The van der Waals surface area contributed by atoms with Gasteiger partial charge in [-0.1, -0.05) is 60.7 Å². The van der Waals surface area contributed by atoms with Crippen molar-refractivity contribution in [2.24, 2.45) is 0 Å². The Hall–Kier alpha value is -6.49. The molecule has 4 aliphatic heterocycles. The Morgan fingerprint density at radius 3 is 1.61 bits per heavy atom. The summed E-state index contributed by atoms with van der Waals surface area (Å²) in [6.45, 7) is 2.51. The molecule has 17 nitrogen and oxygen atoms in total. The van der Waals surface area contributed by atoms with Crippen LogP contribution < -0.4 is 31.9 Å². The van der Waals surface area contributed by atoms with Gasteiger partial charge in [-0.3, -0.25) is 24.0 Å². The number of benzene rings is 3. The summed E-state index contributed by atoms with van der Waals surface area (Å²) in [7, 11) is 1.65. The lowest BCUT2D eigenvalue weighted by Crippen LogP contribution is -2.62. The number of urea groups is 2. The van der Waals surface area contributed by atoms with Gasteiger partial charge in [0.2, 0.25) is 29.5 Å². The van der Waals surface area contributed by atoms with Crippen LogP contribution in [-0.4, -0.2) is 143 Å². The Balaban J connectivity index is 0.775. The van der Waals surface area contributed by atoms with Crippen LogP contribution in [0.4, 0.5) is 21.0 Å². The van der Waals surface area contributed by atoms with Crippen molar-refractivity contribution in [2.75, 3.05) is 43.9 Å². The normalized spacial score (nSPS) is 28.4. The van der Waals surface area contributed by atoms with Crippen molar-refractivity contribution < 1.29 is 33.6 Å². The molecule has 2 aliphatic carbocycles. The SMILES string of the molecule is CN[C@@H](C)C(=O)N[C@H]1CN(C(=O)Nc2ccc(NC(=O)N3CCC(=O)N4[C@H](CC[C@H]4C(=O)N[C@@H]4C[C@@H]4c4ccccc4)CC3)cc2)CC[C@H]2CC[C@@H](C(=O)N[C@@H]3C[C@@H]3c3ccccc3)N2C1=O. The van der Waals surface area contributed by atoms with Crippen molar-refractivity contribution in [3.63, 3.8) is 0 Å². The summed E-state index contributed by atoms with van der Waals surface area (Å²) >= 11 is 0. The van der Waals surface area contributed by atoms with Gasteiger partial charge in [0.05, 0.1) is 12.6 Å². The first kappa shape index (κ1) is 45.7. The molecule has 9 rings (SSSR count). The van der Waals surface area contributed by atoms with Crippen LogP contribution in [0.3, 0.4) is 0 Å². The molecule has 354 valence electrons. The molecule has 6 N–H and O–H groups in total. The first-order valence-corrected chi connectivity index (χ1v) is 24.0. The van der Waals surface area contributed by atoms with Crippen LogP contribution in [0.1, 0.15) is 87.7 Å². The Kier molecular flexibility index (Phi) is 13.5. The highest BCUT2D eigenvalue weighted by molar-refractivity contribution is 5.96. The number of fused-ring (bicyclic) bond motifs is 2. The van der Waals surface area contributed by atoms with Crippen LogP contribution in [-0.2, 0) is 24.0 Å². The highest BCUT2D eigenvalue weighted by Gasteiger charge is 2.49. The number of rotatable bonds is 11. The lowest BCUT2D eigenvalue weighted by atomic mass is 10.1. The largest absolute Gasteiger partial charge is 0.351 e. The maximum Gasteiger partial charge on any atom is 0.321 e. The number of hydrogen-bond acceptors (Lipinski definition) is 8. The fourth-order valence-corrected chi connectivity index (χ4v) is 10.6. The van der Waals surface area contributed by atoms with Crippen molar-refractivity contribution in [2.45, 2.75) is 125 Å². The van der Waals surface area contributed by atoms with Crippen LogP contribution in [0.15, 0.2) is 84.9 Å². The fraction of sp³-hybridized carbons (Fsp3) is 0.500. The third kappa shape index (κ3) is 10.3. The van der Waals surface area contributed by atoms with Crippen molar-refractivity contribution in [3.8, 4) is 0 Å². The molecule has 10 atom stereocenters. The van der Waals surface area contributed by atoms with Gasteiger partial charge in [-0.25, -0.2) is 9.59 Å². The summed E-state index contributed by atoms with van der Waals surface area (Å²) in [5.74, 6) is -0.670. The Bertz CT molecular complexity index is 2340. The molecule has 6 aliphatic rings. The summed E-state index contributed by atoms with van der Waals surface area (Å²) < 4.78 is 0. The number of hydrogen-bond donors (Lipinski definition) is 6. The van der Waals surface area contributed by atoms with Gasteiger partial charge in [-0.05, 0) is 101 Å². The molecule has 9 amide bonds. The molecule has 4 heterocycles. The second-order valence-corrected chi connectivity index (χ2v) is 19.0. The molecule has 2 saturated carbocycles. The number of anilines is 2. The van der Waals surface area contributed by atoms with Crippen LogP contribution >= 0.6 is 0 Å². The third-order valence-electron chi connectivity index (χ3n) is 14.7. The number of carbonyl (C=O) groups is 7. The predicted octanol–water partition coefficient (Wildman–Crippen LogP) is 3.71. The van der Waals surface area contributed by atoms with E-state index in [2.05, 4.69) is 56.2 Å². The Morgan fingerprint density at radius 1 is 0.582 bits per heavy atom. The molecule has 0 spiro atoms. The van der Waals surface area contributed by atoms with E-state index in [9.17, 15) is 33.6 Å². The summed E-state index contributed by atoms with van der Waals surface area (Å²) in [5.41, 5.74) is 3.34. The first-order valence-electron chi connectivity index (χ1n) is 24.0. The van der Waals surface area contributed by atoms with E-state index in [0.717, 1.165) is 12.8 Å². The van der Waals surface area contributed by atoms with E-state index in [0.29, 0.717) is 62.4 Å². The van der Waals surface area contributed by atoms with E-state index in [1.165, 1.54) is 16.0 Å². The highest BCUT2D eigenvalue weighted by Crippen LogP contribution is 2.42. The lowest BCUT2D eigenvalue weighted by molar-refractivity contribution is -0.144. The quantitative estimate of drug-likeness (QED) is 0.167. The van der Waals surface area contributed by atoms with Gasteiger partial charge in [0.1, 0.15) is 18.1 Å². The van der Waals surface area contributed by atoms with E-state index in [1.807, 2.05) is 36.4 Å². The molecule has 0 radical (unpaired) electrons. The van der Waals surface area contributed by atoms with E-state index >= 15 is 0 Å². The van der Waals surface area contributed by atoms with Crippen LogP contribution in [0, 0.1) is 0 Å². The molecular formula is C50H62N10O7. The van der Waals surface area contributed by atoms with E-state index in [4.69, 9.17) is 0 Å². The lowest BCUT2D eigenvalue weighted by Gasteiger charge is -2.39. The summed E-state index contributed by atoms with van der Waals surface area (Å²) in [4.78, 5) is 102. The van der Waals surface area contributed by atoms with Gasteiger partial charge in [0.25, 0.3) is 0 Å².